The molecule has 3 aromatic rings. The number of methoxy groups -OCH3 is 3. The third kappa shape index (κ3) is 4.81. The van der Waals surface area contributed by atoms with Crippen molar-refractivity contribution in [2.45, 2.75) is 0 Å². The average molecular weight is 425 g/mol. The van der Waals surface area contributed by atoms with E-state index in [0.717, 1.165) is 0 Å². The Morgan fingerprint density at radius 3 is 2.23 bits per heavy atom. The first kappa shape index (κ1) is 21.4. The predicted octanol–water partition coefficient (Wildman–Crippen LogP) is 3.64. The van der Waals surface area contributed by atoms with Crippen molar-refractivity contribution in [2.24, 2.45) is 5.10 Å². The van der Waals surface area contributed by atoms with Crippen LogP contribution in [0.2, 0.25) is 0 Å². The van der Waals surface area contributed by atoms with E-state index in [1.807, 2.05) is 0 Å². The smallest absolute Gasteiger partial charge is 0.271 e. The molecule has 0 saturated carbocycles. The summed E-state index contributed by atoms with van der Waals surface area (Å²) in [5.74, 6) is 1.47. The monoisotopic (exact) mass is 425 g/mol. The van der Waals surface area contributed by atoms with Crippen LogP contribution in [0.5, 0.6) is 17.2 Å². The molecule has 1 aromatic heterocycles. The van der Waals surface area contributed by atoms with Crippen molar-refractivity contribution < 1.29 is 28.3 Å². The number of nitrogens with zero attached hydrogens (tertiary/aromatic N) is 2. The average Bonchev–Trinajstić information content (AvgIpc) is 3.26. The van der Waals surface area contributed by atoms with Crippen molar-refractivity contribution in [2.75, 3.05) is 21.3 Å². The normalized spacial score (nSPS) is 10.7. The van der Waals surface area contributed by atoms with Gasteiger partial charge in [-0.1, -0.05) is 0 Å². The van der Waals surface area contributed by atoms with E-state index < -0.39 is 10.8 Å². The SMILES string of the molecule is COc1cc(C(=O)N/N=C/c2ccc(-c3ccc([N+](=O)[O-])cc3)o2)cc(OC)c1OC. The van der Waals surface area contributed by atoms with E-state index in [-0.39, 0.29) is 11.3 Å². The van der Waals surface area contributed by atoms with Gasteiger partial charge in [-0.25, -0.2) is 5.43 Å². The van der Waals surface area contributed by atoms with Crippen LogP contribution in [0.4, 0.5) is 5.69 Å². The number of ether oxygens (including phenoxy) is 3. The summed E-state index contributed by atoms with van der Waals surface area (Å²) in [6, 6.07) is 12.3. The molecule has 10 nitrogen and oxygen atoms in total. The molecule has 0 spiro atoms. The fraction of sp³-hybridized carbons (Fsp3) is 0.143. The number of amides is 1. The molecular formula is C21H19N3O7. The van der Waals surface area contributed by atoms with Gasteiger partial charge in [0.05, 0.1) is 32.5 Å². The zero-order valence-electron chi connectivity index (χ0n) is 16.9. The zero-order chi connectivity index (χ0) is 22.4. The maximum atomic E-state index is 12.4. The minimum atomic E-state index is -0.488. The van der Waals surface area contributed by atoms with Crippen molar-refractivity contribution in [1.82, 2.24) is 5.43 Å². The number of carbonyl (C=O) groups excluding carboxylic acids is 1. The predicted molar refractivity (Wildman–Crippen MR) is 112 cm³/mol. The Bertz CT molecular complexity index is 1100. The fourth-order valence-electron chi connectivity index (χ4n) is 2.76. The topological polar surface area (TPSA) is 125 Å². The van der Waals surface area contributed by atoms with E-state index in [1.54, 1.807) is 24.3 Å². The van der Waals surface area contributed by atoms with E-state index in [0.29, 0.717) is 34.3 Å². The van der Waals surface area contributed by atoms with Gasteiger partial charge in [0.15, 0.2) is 11.5 Å². The minimum Gasteiger partial charge on any atom is -0.493 e. The second-order valence-electron chi connectivity index (χ2n) is 6.12. The molecular weight excluding hydrogens is 406 g/mol. The van der Waals surface area contributed by atoms with Crippen LogP contribution < -0.4 is 19.6 Å². The molecule has 0 bridgehead atoms. The molecule has 1 N–H and O–H groups in total. The number of hydrogen-bond acceptors (Lipinski definition) is 8. The van der Waals surface area contributed by atoms with Crippen molar-refractivity contribution >= 4 is 17.8 Å². The van der Waals surface area contributed by atoms with Crippen LogP contribution in [0.15, 0.2) is 58.0 Å². The van der Waals surface area contributed by atoms with Gasteiger partial charge in [0.25, 0.3) is 11.6 Å². The largest absolute Gasteiger partial charge is 0.493 e. The van der Waals surface area contributed by atoms with E-state index in [1.165, 1.54) is 51.8 Å². The summed E-state index contributed by atoms with van der Waals surface area (Å²) >= 11 is 0. The van der Waals surface area contributed by atoms with Gasteiger partial charge in [-0.15, -0.1) is 0 Å². The molecule has 0 aliphatic carbocycles. The number of nitrogens with one attached hydrogen (secondary N) is 1. The highest BCUT2D eigenvalue weighted by Crippen LogP contribution is 2.38. The highest BCUT2D eigenvalue weighted by molar-refractivity contribution is 5.96. The van der Waals surface area contributed by atoms with Crippen LogP contribution in [-0.2, 0) is 0 Å². The van der Waals surface area contributed by atoms with Crippen LogP contribution in [0.25, 0.3) is 11.3 Å². The first-order valence-electron chi connectivity index (χ1n) is 8.95. The number of hydrogen-bond donors (Lipinski definition) is 1. The number of rotatable bonds is 8. The Labute approximate surface area is 177 Å². The first-order valence-corrected chi connectivity index (χ1v) is 8.95. The number of nitro benzene ring substituents is 1. The summed E-state index contributed by atoms with van der Waals surface area (Å²) in [6.45, 7) is 0. The Morgan fingerprint density at radius 1 is 1.03 bits per heavy atom. The zero-order valence-corrected chi connectivity index (χ0v) is 16.9. The van der Waals surface area contributed by atoms with Gasteiger partial charge in [-0.05, 0) is 36.4 Å². The molecule has 0 atom stereocenters. The molecule has 10 heteroatoms. The number of nitro groups is 1. The molecule has 2 aromatic carbocycles. The number of carbonyl (C=O) groups is 1. The number of furan rings is 1. The molecule has 31 heavy (non-hydrogen) atoms. The number of benzene rings is 2. The summed E-state index contributed by atoms with van der Waals surface area (Å²) in [6.07, 6.45) is 1.34. The lowest BCUT2D eigenvalue weighted by Gasteiger charge is -2.13. The molecule has 0 fully saturated rings. The Balaban J connectivity index is 1.70. The molecule has 0 aliphatic heterocycles. The van der Waals surface area contributed by atoms with Gasteiger partial charge in [0.2, 0.25) is 5.75 Å². The van der Waals surface area contributed by atoms with E-state index in [2.05, 4.69) is 10.5 Å². The second-order valence-corrected chi connectivity index (χ2v) is 6.12. The van der Waals surface area contributed by atoms with Crippen LogP contribution in [-0.4, -0.2) is 38.4 Å². The molecule has 3 rings (SSSR count). The second kappa shape index (κ2) is 9.44. The van der Waals surface area contributed by atoms with Gasteiger partial charge in [0, 0.05) is 23.3 Å². The summed E-state index contributed by atoms with van der Waals surface area (Å²) < 4.78 is 21.3. The maximum absolute atomic E-state index is 12.4. The van der Waals surface area contributed by atoms with Crippen molar-refractivity contribution in [3.63, 3.8) is 0 Å². The van der Waals surface area contributed by atoms with Gasteiger partial charge in [-0.2, -0.15) is 5.10 Å². The molecule has 1 amide bonds. The lowest BCUT2D eigenvalue weighted by Crippen LogP contribution is -2.18. The van der Waals surface area contributed by atoms with Gasteiger partial charge >= 0.3 is 0 Å². The molecule has 0 unspecified atom stereocenters. The fourth-order valence-corrected chi connectivity index (χ4v) is 2.76. The quantitative estimate of drug-likeness (QED) is 0.332. The van der Waals surface area contributed by atoms with E-state index in [4.69, 9.17) is 18.6 Å². The van der Waals surface area contributed by atoms with Crippen molar-refractivity contribution in [3.05, 3.63) is 70.0 Å². The minimum absolute atomic E-state index is 0.00778. The third-order valence-electron chi connectivity index (χ3n) is 4.27. The third-order valence-corrected chi connectivity index (χ3v) is 4.27. The molecule has 0 aliphatic rings. The highest BCUT2D eigenvalue weighted by Gasteiger charge is 2.16. The van der Waals surface area contributed by atoms with Gasteiger partial charge in [0.1, 0.15) is 11.5 Å². The molecule has 0 saturated heterocycles. The molecule has 160 valence electrons. The van der Waals surface area contributed by atoms with Gasteiger partial charge < -0.3 is 18.6 Å². The maximum Gasteiger partial charge on any atom is 0.271 e. The lowest BCUT2D eigenvalue weighted by atomic mass is 10.1. The van der Waals surface area contributed by atoms with Gasteiger partial charge in [-0.3, -0.25) is 14.9 Å². The Hall–Kier alpha value is -4.34. The number of hydrazone groups is 1. The van der Waals surface area contributed by atoms with Crippen molar-refractivity contribution in [1.29, 1.82) is 0 Å². The van der Waals surface area contributed by atoms with Crippen LogP contribution in [0, 0.1) is 10.1 Å². The summed E-state index contributed by atoms with van der Waals surface area (Å²) in [4.78, 5) is 22.7. The van der Waals surface area contributed by atoms with Crippen LogP contribution in [0.3, 0.4) is 0 Å². The molecule has 0 radical (unpaired) electrons. The summed E-state index contributed by atoms with van der Waals surface area (Å²) in [7, 11) is 4.38. The highest BCUT2D eigenvalue weighted by atomic mass is 16.6. The Kier molecular flexibility index (Phi) is 6.51. The summed E-state index contributed by atoms with van der Waals surface area (Å²) in [5.41, 5.74) is 3.33. The van der Waals surface area contributed by atoms with Crippen molar-refractivity contribution in [3.8, 4) is 28.6 Å². The lowest BCUT2D eigenvalue weighted by molar-refractivity contribution is -0.384. The Morgan fingerprint density at radius 2 is 1.68 bits per heavy atom. The first-order chi connectivity index (χ1) is 15.0. The van der Waals surface area contributed by atoms with E-state index in [9.17, 15) is 14.9 Å². The van der Waals surface area contributed by atoms with Crippen LogP contribution >= 0.6 is 0 Å². The van der Waals surface area contributed by atoms with E-state index >= 15 is 0 Å². The number of non-ortho nitro benzene ring substituents is 1. The van der Waals surface area contributed by atoms with Crippen LogP contribution in [0.1, 0.15) is 16.1 Å². The summed E-state index contributed by atoms with van der Waals surface area (Å²) in [5, 5.41) is 14.6. The standard InChI is InChI=1S/C21H19N3O7/c1-28-18-10-14(11-19(29-2)20(18)30-3)21(25)23-22-12-16-8-9-17(31-16)13-4-6-15(7-5-13)24(26)27/h4-12H,1-3H3,(H,23,25)/b22-12+. The molecule has 1 heterocycles.